The molecule has 10 heteroatoms. The largest absolute Gasteiger partial charge is 0.490 e. The minimum atomic E-state index is -4.04. The Hall–Kier alpha value is -4.83. The standard InChI is InChI=1S/C31H30N2O7S/c1-3-37-29-19-24(15-17-28(29)40-41(35,36)26-13-9-6-10-14-26)21-32-33-31(34)25-16-18-27(30(20-25)38-4-2)39-22-23-11-7-5-8-12-23/h5-21H,3-4,22H2,1-2H3,(H,33,34)/b32-21+. The number of rotatable bonds is 13. The second-order valence-electron chi connectivity index (χ2n) is 8.56. The summed E-state index contributed by atoms with van der Waals surface area (Å²) < 4.78 is 47.8. The monoisotopic (exact) mass is 574 g/mol. The topological polar surface area (TPSA) is 113 Å². The minimum Gasteiger partial charge on any atom is -0.490 e. The zero-order chi connectivity index (χ0) is 29.1. The fraction of sp³-hybridized carbons (Fsp3) is 0.161. The fourth-order valence-electron chi connectivity index (χ4n) is 3.70. The van der Waals surface area contributed by atoms with Crippen molar-refractivity contribution < 1.29 is 31.6 Å². The molecule has 212 valence electrons. The summed E-state index contributed by atoms with van der Waals surface area (Å²) in [6, 6.07) is 27.1. The van der Waals surface area contributed by atoms with Gasteiger partial charge in [0.25, 0.3) is 5.91 Å². The first-order valence-corrected chi connectivity index (χ1v) is 14.3. The molecule has 4 aromatic rings. The van der Waals surface area contributed by atoms with Crippen molar-refractivity contribution in [2.75, 3.05) is 13.2 Å². The number of carbonyl (C=O) groups is 1. The van der Waals surface area contributed by atoms with E-state index in [1.54, 1.807) is 55.5 Å². The van der Waals surface area contributed by atoms with Crippen LogP contribution in [0, 0.1) is 0 Å². The molecule has 41 heavy (non-hydrogen) atoms. The van der Waals surface area contributed by atoms with Crippen LogP contribution in [0.25, 0.3) is 0 Å². The second kappa shape index (κ2) is 14.0. The molecule has 0 aliphatic carbocycles. The molecule has 0 aliphatic heterocycles. The van der Waals surface area contributed by atoms with Crippen LogP contribution in [0.4, 0.5) is 0 Å². The van der Waals surface area contributed by atoms with Crippen LogP contribution in [0.3, 0.4) is 0 Å². The highest BCUT2D eigenvalue weighted by Gasteiger charge is 2.19. The molecule has 9 nitrogen and oxygen atoms in total. The first-order valence-electron chi connectivity index (χ1n) is 12.9. The molecule has 0 saturated heterocycles. The van der Waals surface area contributed by atoms with Gasteiger partial charge in [-0.3, -0.25) is 4.79 Å². The zero-order valence-electron chi connectivity index (χ0n) is 22.6. The van der Waals surface area contributed by atoms with E-state index in [1.165, 1.54) is 24.4 Å². The van der Waals surface area contributed by atoms with E-state index in [-0.39, 0.29) is 23.0 Å². The number of hydrazone groups is 1. The Kier molecular flexibility index (Phi) is 9.95. The molecule has 1 N–H and O–H groups in total. The Bertz CT molecular complexity index is 1590. The van der Waals surface area contributed by atoms with E-state index in [0.717, 1.165) is 5.56 Å². The van der Waals surface area contributed by atoms with Crippen LogP contribution >= 0.6 is 0 Å². The lowest BCUT2D eigenvalue weighted by Gasteiger charge is -2.13. The third kappa shape index (κ3) is 8.09. The Morgan fingerprint density at radius 1 is 0.756 bits per heavy atom. The number of carbonyl (C=O) groups excluding carboxylic acids is 1. The van der Waals surface area contributed by atoms with E-state index >= 15 is 0 Å². The molecular formula is C31H30N2O7S. The van der Waals surface area contributed by atoms with E-state index in [0.29, 0.717) is 35.8 Å². The third-order valence-electron chi connectivity index (χ3n) is 5.62. The summed E-state index contributed by atoms with van der Waals surface area (Å²) in [4.78, 5) is 12.8. The lowest BCUT2D eigenvalue weighted by molar-refractivity contribution is 0.0954. The van der Waals surface area contributed by atoms with Crippen molar-refractivity contribution >= 4 is 22.2 Å². The van der Waals surface area contributed by atoms with Gasteiger partial charge in [0, 0.05) is 5.56 Å². The summed E-state index contributed by atoms with van der Waals surface area (Å²) in [5.74, 6) is 0.777. The van der Waals surface area contributed by atoms with Crippen molar-refractivity contribution in [1.29, 1.82) is 0 Å². The molecule has 0 radical (unpaired) electrons. The summed E-state index contributed by atoms with van der Waals surface area (Å²) in [6.07, 6.45) is 1.41. The van der Waals surface area contributed by atoms with Crippen molar-refractivity contribution in [1.82, 2.24) is 5.43 Å². The number of ether oxygens (including phenoxy) is 3. The average Bonchev–Trinajstić information content (AvgIpc) is 2.99. The van der Waals surface area contributed by atoms with Crippen LogP contribution in [-0.4, -0.2) is 33.8 Å². The van der Waals surface area contributed by atoms with Crippen molar-refractivity contribution in [3.05, 3.63) is 114 Å². The van der Waals surface area contributed by atoms with E-state index in [4.69, 9.17) is 18.4 Å². The van der Waals surface area contributed by atoms with Crippen LogP contribution in [0.2, 0.25) is 0 Å². The van der Waals surface area contributed by atoms with Gasteiger partial charge in [-0.15, -0.1) is 0 Å². The number of nitrogens with zero attached hydrogens (tertiary/aromatic N) is 1. The summed E-state index contributed by atoms with van der Waals surface area (Å²) in [6.45, 7) is 4.67. The molecular weight excluding hydrogens is 544 g/mol. The number of nitrogens with one attached hydrogen (secondary N) is 1. The van der Waals surface area contributed by atoms with Gasteiger partial charge >= 0.3 is 10.1 Å². The van der Waals surface area contributed by atoms with Crippen molar-refractivity contribution in [3.63, 3.8) is 0 Å². The molecule has 1 amide bonds. The highest BCUT2D eigenvalue weighted by atomic mass is 32.2. The Morgan fingerprint density at radius 2 is 1.39 bits per heavy atom. The van der Waals surface area contributed by atoms with Crippen LogP contribution in [-0.2, 0) is 16.7 Å². The van der Waals surface area contributed by atoms with Gasteiger partial charge in [0.05, 0.1) is 19.4 Å². The highest BCUT2D eigenvalue weighted by Crippen LogP contribution is 2.31. The van der Waals surface area contributed by atoms with Gasteiger partial charge in [-0.05, 0) is 73.5 Å². The third-order valence-corrected chi connectivity index (χ3v) is 6.87. The molecule has 0 bridgehead atoms. The van der Waals surface area contributed by atoms with Crippen LogP contribution in [0.15, 0.2) is 107 Å². The average molecular weight is 575 g/mol. The molecule has 4 rings (SSSR count). The second-order valence-corrected chi connectivity index (χ2v) is 10.1. The van der Waals surface area contributed by atoms with Gasteiger partial charge in [0.2, 0.25) is 0 Å². The van der Waals surface area contributed by atoms with Gasteiger partial charge in [-0.25, -0.2) is 5.43 Å². The Balaban J connectivity index is 1.43. The van der Waals surface area contributed by atoms with Crippen LogP contribution < -0.4 is 23.8 Å². The molecule has 0 fully saturated rings. The smallest absolute Gasteiger partial charge is 0.339 e. The number of amides is 1. The number of hydrogen-bond donors (Lipinski definition) is 1. The molecule has 0 spiro atoms. The molecule has 0 aliphatic rings. The first kappa shape index (κ1) is 29.2. The van der Waals surface area contributed by atoms with Gasteiger partial charge in [0.1, 0.15) is 11.5 Å². The first-order chi connectivity index (χ1) is 19.9. The van der Waals surface area contributed by atoms with E-state index in [2.05, 4.69) is 10.5 Å². The number of hydrogen-bond acceptors (Lipinski definition) is 8. The SMILES string of the molecule is CCOc1cc(C(=O)N/N=C/c2ccc(OS(=O)(=O)c3ccccc3)c(OCC)c2)ccc1OCc1ccccc1. The molecule has 4 aromatic carbocycles. The van der Waals surface area contributed by atoms with E-state index in [9.17, 15) is 13.2 Å². The Morgan fingerprint density at radius 3 is 2.07 bits per heavy atom. The number of benzene rings is 4. The molecule has 0 aromatic heterocycles. The van der Waals surface area contributed by atoms with Gasteiger partial charge in [-0.2, -0.15) is 13.5 Å². The lowest BCUT2D eigenvalue weighted by atomic mass is 10.2. The van der Waals surface area contributed by atoms with E-state index < -0.39 is 16.0 Å². The van der Waals surface area contributed by atoms with Gasteiger partial charge in [-0.1, -0.05) is 48.5 Å². The summed E-state index contributed by atoms with van der Waals surface area (Å²) in [5, 5.41) is 4.03. The molecule has 0 heterocycles. The summed E-state index contributed by atoms with van der Waals surface area (Å²) >= 11 is 0. The van der Waals surface area contributed by atoms with Crippen LogP contribution in [0.1, 0.15) is 35.3 Å². The normalized spacial score (nSPS) is 11.2. The molecule has 0 unspecified atom stereocenters. The Labute approximate surface area is 239 Å². The van der Waals surface area contributed by atoms with Crippen LogP contribution in [0.5, 0.6) is 23.0 Å². The summed E-state index contributed by atoms with van der Waals surface area (Å²) in [5.41, 5.74) is 4.39. The van der Waals surface area contributed by atoms with Crippen molar-refractivity contribution in [3.8, 4) is 23.0 Å². The summed E-state index contributed by atoms with van der Waals surface area (Å²) in [7, 11) is -4.04. The maximum atomic E-state index is 12.8. The van der Waals surface area contributed by atoms with Crippen molar-refractivity contribution in [2.24, 2.45) is 5.10 Å². The molecule has 0 atom stereocenters. The zero-order valence-corrected chi connectivity index (χ0v) is 23.5. The molecule has 0 saturated carbocycles. The maximum Gasteiger partial charge on any atom is 0.339 e. The minimum absolute atomic E-state index is 0.0269. The maximum absolute atomic E-state index is 12.8. The van der Waals surface area contributed by atoms with E-state index in [1.807, 2.05) is 37.3 Å². The predicted molar refractivity (Wildman–Crippen MR) is 155 cm³/mol. The highest BCUT2D eigenvalue weighted by molar-refractivity contribution is 7.87. The fourth-order valence-corrected chi connectivity index (χ4v) is 4.66. The van der Waals surface area contributed by atoms with Gasteiger partial charge in [0.15, 0.2) is 23.0 Å². The lowest BCUT2D eigenvalue weighted by Crippen LogP contribution is -2.17. The quantitative estimate of drug-likeness (QED) is 0.126. The van der Waals surface area contributed by atoms with Crippen molar-refractivity contribution in [2.45, 2.75) is 25.3 Å². The predicted octanol–water partition coefficient (Wildman–Crippen LogP) is 5.59. The van der Waals surface area contributed by atoms with Gasteiger partial charge < -0.3 is 18.4 Å².